The fourth-order valence-corrected chi connectivity index (χ4v) is 3.51. The van der Waals surface area contributed by atoms with Gasteiger partial charge in [0.1, 0.15) is 0 Å². The first-order valence-electron chi connectivity index (χ1n) is 7.55. The van der Waals surface area contributed by atoms with Gasteiger partial charge >= 0.3 is 0 Å². The SMILES string of the molecule is O=C(NNC(=S)Nc1ccc(Cl)cc1)C1(O)CN2CCC1CC2. The number of aliphatic hydroxyl groups is 1. The number of rotatable bonds is 2. The Balaban J connectivity index is 1.52. The van der Waals surface area contributed by atoms with E-state index >= 15 is 0 Å². The molecule has 0 radical (unpaired) electrons. The number of nitrogens with zero attached hydrogens (tertiary/aromatic N) is 1. The number of thiocarbonyl (C=S) groups is 1. The summed E-state index contributed by atoms with van der Waals surface area (Å²) in [6.45, 7) is 2.27. The van der Waals surface area contributed by atoms with E-state index in [0.717, 1.165) is 31.6 Å². The zero-order valence-electron chi connectivity index (χ0n) is 12.5. The maximum Gasteiger partial charge on any atom is 0.271 e. The number of halogens is 1. The molecule has 1 amide bonds. The molecule has 0 saturated carbocycles. The van der Waals surface area contributed by atoms with Crippen LogP contribution in [-0.2, 0) is 4.79 Å². The van der Waals surface area contributed by atoms with Crippen molar-refractivity contribution in [2.24, 2.45) is 5.92 Å². The Morgan fingerprint density at radius 2 is 1.91 bits per heavy atom. The molecule has 1 atom stereocenters. The predicted molar refractivity (Wildman–Crippen MR) is 93.1 cm³/mol. The monoisotopic (exact) mass is 354 g/mol. The molecule has 3 heterocycles. The van der Waals surface area contributed by atoms with Crippen molar-refractivity contribution < 1.29 is 9.90 Å². The van der Waals surface area contributed by atoms with Gasteiger partial charge < -0.3 is 10.4 Å². The van der Waals surface area contributed by atoms with E-state index in [-0.39, 0.29) is 11.0 Å². The number of nitrogens with one attached hydrogen (secondary N) is 3. The summed E-state index contributed by atoms with van der Waals surface area (Å²) in [6.07, 6.45) is 1.69. The van der Waals surface area contributed by atoms with Crippen LogP contribution in [0.15, 0.2) is 24.3 Å². The molecule has 3 saturated heterocycles. The quantitative estimate of drug-likeness (QED) is 0.471. The molecule has 2 bridgehead atoms. The van der Waals surface area contributed by atoms with E-state index in [9.17, 15) is 9.90 Å². The second-order valence-corrected chi connectivity index (χ2v) is 6.86. The summed E-state index contributed by atoms with van der Waals surface area (Å²) in [6, 6.07) is 7.03. The van der Waals surface area contributed by atoms with Crippen molar-refractivity contribution in [2.45, 2.75) is 18.4 Å². The minimum atomic E-state index is -1.35. The standard InChI is InChI=1S/C15H19ClN4O2S/c16-11-1-3-12(4-2-11)17-14(23)19-18-13(21)15(22)9-20-7-5-10(15)6-8-20/h1-4,10,22H,5-9H2,(H,18,21)(H2,17,19,23). The van der Waals surface area contributed by atoms with Gasteiger partial charge in [-0.3, -0.25) is 20.5 Å². The number of benzene rings is 1. The lowest BCUT2D eigenvalue weighted by molar-refractivity contribution is -0.162. The van der Waals surface area contributed by atoms with Crippen LogP contribution in [-0.4, -0.2) is 46.3 Å². The lowest BCUT2D eigenvalue weighted by Crippen LogP contribution is -2.67. The number of hydrogen-bond donors (Lipinski definition) is 4. The molecule has 3 aliphatic rings. The van der Waals surface area contributed by atoms with E-state index in [4.69, 9.17) is 23.8 Å². The molecule has 0 aliphatic carbocycles. The first kappa shape index (κ1) is 16.4. The van der Waals surface area contributed by atoms with Crippen molar-refractivity contribution in [3.8, 4) is 0 Å². The molecule has 8 heteroatoms. The molecule has 3 aliphatic heterocycles. The van der Waals surface area contributed by atoms with Gasteiger partial charge in [0.2, 0.25) is 0 Å². The second kappa shape index (κ2) is 6.60. The van der Waals surface area contributed by atoms with Gasteiger partial charge in [-0.05, 0) is 62.4 Å². The zero-order valence-corrected chi connectivity index (χ0v) is 14.1. The highest BCUT2D eigenvalue weighted by Gasteiger charge is 2.50. The van der Waals surface area contributed by atoms with Crippen LogP contribution in [0.5, 0.6) is 0 Å². The highest BCUT2D eigenvalue weighted by molar-refractivity contribution is 7.80. The van der Waals surface area contributed by atoms with Crippen LogP contribution in [0.1, 0.15) is 12.8 Å². The lowest BCUT2D eigenvalue weighted by Gasteiger charge is -2.49. The number of hydrogen-bond acceptors (Lipinski definition) is 4. The second-order valence-electron chi connectivity index (χ2n) is 6.01. The number of amides is 1. The van der Waals surface area contributed by atoms with Gasteiger partial charge in [0, 0.05) is 23.2 Å². The predicted octanol–water partition coefficient (Wildman–Crippen LogP) is 1.11. The fraction of sp³-hybridized carbons (Fsp3) is 0.467. The molecule has 1 unspecified atom stereocenters. The van der Waals surface area contributed by atoms with Crippen LogP contribution in [0.3, 0.4) is 0 Å². The average molecular weight is 355 g/mol. The molecular weight excluding hydrogens is 336 g/mol. The van der Waals surface area contributed by atoms with Gasteiger partial charge in [0.05, 0.1) is 0 Å². The molecule has 1 aromatic rings. The number of anilines is 1. The molecule has 6 nitrogen and oxygen atoms in total. The minimum absolute atomic E-state index is 0.00657. The summed E-state index contributed by atoms with van der Waals surface area (Å²) in [5.74, 6) is -0.431. The Morgan fingerprint density at radius 3 is 2.48 bits per heavy atom. The highest BCUT2D eigenvalue weighted by Crippen LogP contribution is 2.35. The van der Waals surface area contributed by atoms with Gasteiger partial charge in [0.15, 0.2) is 10.7 Å². The molecular formula is C15H19ClN4O2S. The topological polar surface area (TPSA) is 76.6 Å². The van der Waals surface area contributed by atoms with E-state index in [0.29, 0.717) is 11.6 Å². The number of carbonyl (C=O) groups is 1. The van der Waals surface area contributed by atoms with E-state index in [2.05, 4.69) is 21.1 Å². The number of hydrazine groups is 1. The Labute approximate surface area is 145 Å². The molecule has 3 fully saturated rings. The van der Waals surface area contributed by atoms with Crippen molar-refractivity contribution in [3.63, 3.8) is 0 Å². The lowest BCUT2D eigenvalue weighted by atomic mass is 9.75. The summed E-state index contributed by atoms with van der Waals surface area (Å²) < 4.78 is 0. The van der Waals surface area contributed by atoms with Crippen LogP contribution in [0.2, 0.25) is 5.02 Å². The molecule has 0 spiro atoms. The zero-order chi connectivity index (χ0) is 16.4. The number of fused-ring (bicyclic) bond motifs is 3. The maximum atomic E-state index is 12.4. The van der Waals surface area contributed by atoms with Gasteiger partial charge in [0.25, 0.3) is 5.91 Å². The third-order valence-electron chi connectivity index (χ3n) is 4.51. The van der Waals surface area contributed by atoms with E-state index in [1.54, 1.807) is 24.3 Å². The normalized spacial score (nSPS) is 29.0. The molecule has 4 N–H and O–H groups in total. The van der Waals surface area contributed by atoms with Crippen LogP contribution < -0.4 is 16.2 Å². The molecule has 0 aromatic heterocycles. The average Bonchev–Trinajstić information content (AvgIpc) is 2.55. The van der Waals surface area contributed by atoms with Gasteiger partial charge in [-0.2, -0.15) is 0 Å². The van der Waals surface area contributed by atoms with Gasteiger partial charge in [-0.1, -0.05) is 11.6 Å². The first-order valence-corrected chi connectivity index (χ1v) is 8.34. The Bertz CT molecular complexity index is 604. The van der Waals surface area contributed by atoms with Crippen LogP contribution in [0.25, 0.3) is 0 Å². The molecule has 1 aromatic carbocycles. The summed E-state index contributed by atoms with van der Waals surface area (Å²) in [5.41, 5.74) is 4.56. The van der Waals surface area contributed by atoms with Crippen molar-refractivity contribution >= 4 is 40.5 Å². The highest BCUT2D eigenvalue weighted by atomic mass is 35.5. The molecule has 23 heavy (non-hydrogen) atoms. The summed E-state index contributed by atoms with van der Waals surface area (Å²) in [7, 11) is 0. The van der Waals surface area contributed by atoms with Crippen LogP contribution in [0.4, 0.5) is 5.69 Å². The number of piperidine rings is 3. The van der Waals surface area contributed by atoms with E-state index in [1.165, 1.54) is 0 Å². The molecule has 4 rings (SSSR count). The summed E-state index contributed by atoms with van der Waals surface area (Å²) in [5, 5.41) is 14.5. The minimum Gasteiger partial charge on any atom is -0.378 e. The fourth-order valence-electron chi connectivity index (χ4n) is 3.21. The van der Waals surface area contributed by atoms with Crippen molar-refractivity contribution in [3.05, 3.63) is 29.3 Å². The Hall–Kier alpha value is -1.41. The van der Waals surface area contributed by atoms with Gasteiger partial charge in [-0.25, -0.2) is 0 Å². The smallest absolute Gasteiger partial charge is 0.271 e. The molecule has 124 valence electrons. The van der Waals surface area contributed by atoms with Crippen LogP contribution in [0, 0.1) is 5.92 Å². The first-order chi connectivity index (χ1) is 11.0. The maximum absolute atomic E-state index is 12.4. The number of carbonyl (C=O) groups excluding carboxylic acids is 1. The summed E-state index contributed by atoms with van der Waals surface area (Å²) >= 11 is 10.9. The third kappa shape index (κ3) is 3.58. The van der Waals surface area contributed by atoms with E-state index < -0.39 is 11.5 Å². The van der Waals surface area contributed by atoms with Crippen LogP contribution >= 0.6 is 23.8 Å². The Morgan fingerprint density at radius 1 is 1.26 bits per heavy atom. The Kier molecular flexibility index (Phi) is 4.72. The largest absolute Gasteiger partial charge is 0.378 e. The third-order valence-corrected chi connectivity index (χ3v) is 4.97. The van der Waals surface area contributed by atoms with Crippen molar-refractivity contribution in [1.82, 2.24) is 15.8 Å². The van der Waals surface area contributed by atoms with Crippen molar-refractivity contribution in [2.75, 3.05) is 25.0 Å². The van der Waals surface area contributed by atoms with Crippen molar-refractivity contribution in [1.29, 1.82) is 0 Å². The van der Waals surface area contributed by atoms with Gasteiger partial charge in [-0.15, -0.1) is 0 Å². The van der Waals surface area contributed by atoms with E-state index in [1.807, 2.05) is 0 Å². The summed E-state index contributed by atoms with van der Waals surface area (Å²) in [4.78, 5) is 14.5.